The number of para-hydroxylation sites is 1. The van der Waals surface area contributed by atoms with Crippen molar-refractivity contribution in [3.8, 4) is 0 Å². The summed E-state index contributed by atoms with van der Waals surface area (Å²) in [6.45, 7) is 4.86. The lowest BCUT2D eigenvalue weighted by Gasteiger charge is -2.08. The minimum atomic E-state index is -3.74. The number of halogens is 1. The summed E-state index contributed by atoms with van der Waals surface area (Å²) >= 11 is 5.88. The van der Waals surface area contributed by atoms with Gasteiger partial charge in [0, 0.05) is 28.7 Å². The Hall–Kier alpha value is -2.31. The van der Waals surface area contributed by atoms with Crippen LogP contribution in [-0.2, 0) is 21.2 Å². The molecule has 5 nitrogen and oxygen atoms in total. The summed E-state index contributed by atoms with van der Waals surface area (Å²) in [5.74, 6) is 0.362. The van der Waals surface area contributed by atoms with Crippen LogP contribution in [0, 0.1) is 5.92 Å². The molecule has 1 N–H and O–H groups in total. The average Bonchev–Trinajstić information content (AvgIpc) is 3.01. The highest BCUT2D eigenvalue weighted by atomic mass is 35.5. The molecule has 0 spiro atoms. The normalized spacial score (nSPS) is 11.9. The van der Waals surface area contributed by atoms with Gasteiger partial charge >= 0.3 is 0 Å². The third kappa shape index (κ3) is 4.39. The van der Waals surface area contributed by atoms with E-state index in [-0.39, 0.29) is 22.2 Å². The first-order chi connectivity index (χ1) is 13.3. The van der Waals surface area contributed by atoms with Gasteiger partial charge in [-0.25, -0.2) is 8.42 Å². The van der Waals surface area contributed by atoms with Gasteiger partial charge in [-0.05, 0) is 42.7 Å². The van der Waals surface area contributed by atoms with E-state index in [9.17, 15) is 13.2 Å². The van der Waals surface area contributed by atoms with Crippen LogP contribution in [0.15, 0.2) is 64.5 Å². The summed E-state index contributed by atoms with van der Waals surface area (Å²) in [6.07, 6.45) is 2.44. The third-order valence-corrected chi connectivity index (χ3v) is 6.57. The van der Waals surface area contributed by atoms with E-state index in [0.29, 0.717) is 28.4 Å². The summed E-state index contributed by atoms with van der Waals surface area (Å²) in [5, 5.41) is 3.95. The Morgan fingerprint density at radius 3 is 2.46 bits per heavy atom. The second-order valence-corrected chi connectivity index (χ2v) is 9.48. The Bertz CT molecular complexity index is 1090. The van der Waals surface area contributed by atoms with Gasteiger partial charge in [-0.15, -0.1) is 0 Å². The van der Waals surface area contributed by atoms with Crippen molar-refractivity contribution in [2.45, 2.75) is 36.6 Å². The van der Waals surface area contributed by atoms with Crippen molar-refractivity contribution in [1.82, 2.24) is 9.88 Å². The van der Waals surface area contributed by atoms with Crippen LogP contribution in [0.25, 0.3) is 10.9 Å². The molecule has 2 aromatic carbocycles. The lowest BCUT2D eigenvalue weighted by atomic mass is 10.1. The maximum atomic E-state index is 13.1. The number of fused-ring (bicyclic) bond motifs is 1. The first-order valence-electron chi connectivity index (χ1n) is 9.14. The molecule has 0 aliphatic carbocycles. The number of carbonyl (C=O) groups is 1. The van der Waals surface area contributed by atoms with Crippen LogP contribution < -0.4 is 5.32 Å². The van der Waals surface area contributed by atoms with Crippen LogP contribution in [-0.4, -0.2) is 25.4 Å². The van der Waals surface area contributed by atoms with E-state index in [2.05, 4.69) is 19.2 Å². The molecule has 1 aromatic heterocycles. The number of hydrogen-bond donors (Lipinski definition) is 1. The molecular weight excluding hydrogens is 396 g/mol. The van der Waals surface area contributed by atoms with E-state index in [0.717, 1.165) is 6.42 Å². The molecule has 0 unspecified atom stereocenters. The highest BCUT2D eigenvalue weighted by Gasteiger charge is 2.23. The van der Waals surface area contributed by atoms with Gasteiger partial charge in [-0.1, -0.05) is 43.6 Å². The van der Waals surface area contributed by atoms with E-state index in [1.165, 1.54) is 18.3 Å². The van der Waals surface area contributed by atoms with Crippen molar-refractivity contribution in [3.63, 3.8) is 0 Å². The number of sulfone groups is 1. The smallest absolute Gasteiger partial charge is 0.239 e. The van der Waals surface area contributed by atoms with E-state index in [1.807, 2.05) is 12.1 Å². The molecule has 1 amide bonds. The monoisotopic (exact) mass is 418 g/mol. The molecule has 0 bridgehead atoms. The molecule has 0 fully saturated rings. The molecule has 3 aromatic rings. The fourth-order valence-corrected chi connectivity index (χ4v) is 4.61. The molecule has 3 rings (SSSR count). The molecule has 0 saturated heterocycles. The summed E-state index contributed by atoms with van der Waals surface area (Å²) in [5.41, 5.74) is 0.703. The second kappa shape index (κ2) is 8.37. The molecule has 0 atom stereocenters. The lowest BCUT2D eigenvalue weighted by molar-refractivity contribution is -0.121. The number of benzene rings is 2. The van der Waals surface area contributed by atoms with Crippen LogP contribution in [0.2, 0.25) is 5.02 Å². The SMILES string of the molecule is CC(C)CCNC(=O)Cn1cc(S(=O)(=O)c2ccc(Cl)cc2)c2ccccc21. The zero-order chi connectivity index (χ0) is 20.3. The van der Waals surface area contributed by atoms with Gasteiger partial charge in [-0.2, -0.15) is 0 Å². The Kier molecular flexibility index (Phi) is 6.10. The Morgan fingerprint density at radius 1 is 1.11 bits per heavy atom. The molecule has 0 aliphatic rings. The molecule has 0 radical (unpaired) electrons. The average molecular weight is 419 g/mol. The highest BCUT2D eigenvalue weighted by molar-refractivity contribution is 7.91. The largest absolute Gasteiger partial charge is 0.355 e. The standard InChI is InChI=1S/C21H23ClN2O3S/c1-15(2)11-12-23-21(25)14-24-13-20(18-5-3-4-6-19(18)24)28(26,27)17-9-7-16(22)8-10-17/h3-10,13,15H,11-12,14H2,1-2H3,(H,23,25). The molecule has 1 heterocycles. The van der Waals surface area contributed by atoms with Crippen molar-refractivity contribution in [2.24, 2.45) is 5.92 Å². The predicted octanol–water partition coefficient (Wildman–Crippen LogP) is 4.29. The second-order valence-electron chi connectivity index (χ2n) is 7.13. The zero-order valence-corrected chi connectivity index (χ0v) is 17.4. The van der Waals surface area contributed by atoms with Gasteiger partial charge in [-0.3, -0.25) is 4.79 Å². The number of hydrogen-bond acceptors (Lipinski definition) is 3. The maximum Gasteiger partial charge on any atom is 0.239 e. The van der Waals surface area contributed by atoms with E-state index in [1.54, 1.807) is 28.8 Å². The topological polar surface area (TPSA) is 68.2 Å². The summed E-state index contributed by atoms with van der Waals surface area (Å²) in [4.78, 5) is 12.7. The number of carbonyl (C=O) groups excluding carboxylic acids is 1. The van der Waals surface area contributed by atoms with Crippen molar-refractivity contribution in [2.75, 3.05) is 6.54 Å². The van der Waals surface area contributed by atoms with E-state index in [4.69, 9.17) is 11.6 Å². The van der Waals surface area contributed by atoms with E-state index < -0.39 is 9.84 Å². The number of amides is 1. The fraction of sp³-hybridized carbons (Fsp3) is 0.286. The van der Waals surface area contributed by atoms with E-state index >= 15 is 0 Å². The number of nitrogens with zero attached hydrogens (tertiary/aromatic N) is 1. The van der Waals surface area contributed by atoms with Crippen LogP contribution in [0.5, 0.6) is 0 Å². The number of rotatable bonds is 7. The van der Waals surface area contributed by atoms with Crippen molar-refractivity contribution in [1.29, 1.82) is 0 Å². The molecule has 28 heavy (non-hydrogen) atoms. The first-order valence-corrected chi connectivity index (χ1v) is 11.0. The Morgan fingerprint density at radius 2 is 1.79 bits per heavy atom. The highest BCUT2D eigenvalue weighted by Crippen LogP contribution is 2.30. The van der Waals surface area contributed by atoms with Gasteiger partial charge in [0.05, 0.1) is 9.79 Å². The van der Waals surface area contributed by atoms with Gasteiger partial charge in [0.25, 0.3) is 0 Å². The molecule has 0 aliphatic heterocycles. The summed E-state index contributed by atoms with van der Waals surface area (Å²) < 4.78 is 28.0. The van der Waals surface area contributed by atoms with Crippen molar-refractivity contribution >= 4 is 38.2 Å². The van der Waals surface area contributed by atoms with Crippen LogP contribution in [0.3, 0.4) is 0 Å². The summed E-state index contributed by atoms with van der Waals surface area (Å²) in [7, 11) is -3.74. The van der Waals surface area contributed by atoms with Crippen molar-refractivity contribution < 1.29 is 13.2 Å². The molecular formula is C21H23ClN2O3S. The fourth-order valence-electron chi connectivity index (χ4n) is 3.01. The van der Waals surface area contributed by atoms with Gasteiger partial charge in [0.1, 0.15) is 6.54 Å². The minimum Gasteiger partial charge on any atom is -0.355 e. The quantitative estimate of drug-likeness (QED) is 0.622. The van der Waals surface area contributed by atoms with Crippen LogP contribution in [0.4, 0.5) is 0 Å². The predicted molar refractivity (Wildman–Crippen MR) is 111 cm³/mol. The third-order valence-electron chi connectivity index (χ3n) is 4.52. The van der Waals surface area contributed by atoms with Crippen LogP contribution >= 0.6 is 11.6 Å². The number of nitrogens with one attached hydrogen (secondary N) is 1. The Labute approximate surface area is 170 Å². The minimum absolute atomic E-state index is 0.0642. The number of aromatic nitrogens is 1. The maximum absolute atomic E-state index is 13.1. The first kappa shape index (κ1) is 20.4. The zero-order valence-electron chi connectivity index (χ0n) is 15.9. The van der Waals surface area contributed by atoms with Gasteiger partial charge in [0.2, 0.25) is 15.7 Å². The van der Waals surface area contributed by atoms with Crippen molar-refractivity contribution in [3.05, 3.63) is 59.8 Å². The molecule has 148 valence electrons. The van der Waals surface area contributed by atoms with Gasteiger partial charge in [0.15, 0.2) is 0 Å². The lowest BCUT2D eigenvalue weighted by Crippen LogP contribution is -2.28. The molecule has 0 saturated carbocycles. The van der Waals surface area contributed by atoms with Gasteiger partial charge < -0.3 is 9.88 Å². The van der Waals surface area contributed by atoms with Crippen LogP contribution in [0.1, 0.15) is 20.3 Å². The Balaban J connectivity index is 1.95. The summed E-state index contributed by atoms with van der Waals surface area (Å²) in [6, 6.07) is 13.3. The molecule has 7 heteroatoms.